The fourth-order valence-electron chi connectivity index (χ4n) is 1.56. The van der Waals surface area contributed by atoms with Crippen molar-refractivity contribution in [1.29, 1.82) is 0 Å². The number of anilines is 2. The van der Waals surface area contributed by atoms with Crippen LogP contribution in [0, 0.1) is 6.92 Å². The Hall–Kier alpha value is -1.32. The van der Waals surface area contributed by atoms with E-state index in [1.54, 1.807) is 6.07 Å². The third-order valence-corrected chi connectivity index (χ3v) is 2.97. The molecule has 0 fully saturated rings. The summed E-state index contributed by atoms with van der Waals surface area (Å²) in [6, 6.07) is 7.45. The molecule has 0 aliphatic heterocycles. The van der Waals surface area contributed by atoms with Gasteiger partial charge in [0, 0.05) is 12.5 Å². The minimum Gasteiger partial charge on any atom is -0.339 e. The Labute approximate surface area is 116 Å². The predicted octanol–water partition coefficient (Wildman–Crippen LogP) is 4.40. The van der Waals surface area contributed by atoms with E-state index < -0.39 is 0 Å². The number of rotatable bonds is 3. The van der Waals surface area contributed by atoms with Crippen LogP contribution >= 0.6 is 23.2 Å². The van der Waals surface area contributed by atoms with Gasteiger partial charge >= 0.3 is 0 Å². The summed E-state index contributed by atoms with van der Waals surface area (Å²) in [5, 5.41) is 4.23. The van der Waals surface area contributed by atoms with Gasteiger partial charge in [-0.15, -0.1) is 0 Å². The van der Waals surface area contributed by atoms with Crippen molar-refractivity contribution in [2.45, 2.75) is 20.3 Å². The van der Waals surface area contributed by atoms with E-state index in [1.165, 1.54) is 0 Å². The lowest BCUT2D eigenvalue weighted by Crippen LogP contribution is -2.00. The molecule has 1 aromatic carbocycles. The summed E-state index contributed by atoms with van der Waals surface area (Å²) in [7, 11) is 0. The third-order valence-electron chi connectivity index (χ3n) is 2.44. The predicted molar refractivity (Wildman–Crippen MR) is 75.9 cm³/mol. The minimum atomic E-state index is 0.424. The molecule has 0 bridgehead atoms. The quantitative estimate of drug-likeness (QED) is 0.848. The summed E-state index contributed by atoms with van der Waals surface area (Å²) in [4.78, 5) is 8.47. The van der Waals surface area contributed by atoms with E-state index in [1.807, 2.05) is 32.0 Å². The van der Waals surface area contributed by atoms with Crippen LogP contribution in [-0.4, -0.2) is 9.97 Å². The number of hydrogen-bond acceptors (Lipinski definition) is 3. The van der Waals surface area contributed by atoms with Crippen molar-refractivity contribution >= 4 is 34.7 Å². The van der Waals surface area contributed by atoms with Gasteiger partial charge in [0.25, 0.3) is 0 Å². The van der Waals surface area contributed by atoms with Gasteiger partial charge in [-0.25, -0.2) is 9.97 Å². The van der Waals surface area contributed by atoms with Gasteiger partial charge in [-0.3, -0.25) is 0 Å². The molecule has 2 rings (SSSR count). The molecule has 94 valence electrons. The minimum absolute atomic E-state index is 0.424. The molecule has 0 saturated heterocycles. The van der Waals surface area contributed by atoms with Crippen LogP contribution in [0.2, 0.25) is 10.2 Å². The highest BCUT2D eigenvalue weighted by Gasteiger charge is 2.05. The summed E-state index contributed by atoms with van der Waals surface area (Å²) in [6.07, 6.45) is 0.733. The van der Waals surface area contributed by atoms with Gasteiger partial charge in [-0.1, -0.05) is 36.2 Å². The van der Waals surface area contributed by atoms with E-state index in [-0.39, 0.29) is 0 Å². The topological polar surface area (TPSA) is 37.8 Å². The molecule has 0 saturated carbocycles. The number of hydrogen-bond donors (Lipinski definition) is 1. The second-order valence-electron chi connectivity index (χ2n) is 3.95. The number of aryl methyl sites for hydroxylation is 2. The number of aromatic nitrogens is 2. The average Bonchev–Trinajstić information content (AvgIpc) is 2.33. The molecule has 0 radical (unpaired) electrons. The molecule has 0 aliphatic carbocycles. The summed E-state index contributed by atoms with van der Waals surface area (Å²) < 4.78 is 0. The van der Waals surface area contributed by atoms with Crippen molar-refractivity contribution in [3.05, 3.63) is 45.8 Å². The van der Waals surface area contributed by atoms with Crippen LogP contribution in [0.5, 0.6) is 0 Å². The molecule has 3 nitrogen and oxygen atoms in total. The van der Waals surface area contributed by atoms with Crippen LogP contribution in [0.1, 0.15) is 18.3 Å². The zero-order valence-electron chi connectivity index (χ0n) is 10.2. The zero-order valence-corrected chi connectivity index (χ0v) is 11.7. The summed E-state index contributed by atoms with van der Waals surface area (Å²) >= 11 is 12.1. The Morgan fingerprint density at radius 3 is 2.67 bits per heavy atom. The molecule has 0 atom stereocenters. The molecule has 18 heavy (non-hydrogen) atoms. The molecule has 0 spiro atoms. The smallest absolute Gasteiger partial charge is 0.135 e. The van der Waals surface area contributed by atoms with E-state index in [0.29, 0.717) is 21.8 Å². The normalized spacial score (nSPS) is 10.4. The molecule has 0 aliphatic rings. The first-order valence-corrected chi connectivity index (χ1v) is 6.40. The van der Waals surface area contributed by atoms with Gasteiger partial charge in [0.05, 0.1) is 10.7 Å². The highest BCUT2D eigenvalue weighted by atomic mass is 35.5. The van der Waals surface area contributed by atoms with Crippen LogP contribution in [0.3, 0.4) is 0 Å². The number of nitrogens with zero attached hydrogens (tertiary/aromatic N) is 2. The fraction of sp³-hybridized carbons (Fsp3) is 0.231. The molecule has 0 amide bonds. The summed E-state index contributed by atoms with van der Waals surface area (Å²) in [5.41, 5.74) is 1.94. The molecular weight excluding hydrogens is 269 g/mol. The van der Waals surface area contributed by atoms with Crippen LogP contribution in [-0.2, 0) is 6.42 Å². The van der Waals surface area contributed by atoms with Crippen molar-refractivity contribution in [2.75, 3.05) is 5.32 Å². The number of halogens is 2. The summed E-state index contributed by atoms with van der Waals surface area (Å²) in [5.74, 6) is 1.35. The van der Waals surface area contributed by atoms with Gasteiger partial charge in [0.2, 0.25) is 0 Å². The molecule has 5 heteroatoms. The molecule has 1 heterocycles. The van der Waals surface area contributed by atoms with Crippen molar-refractivity contribution in [3.63, 3.8) is 0 Å². The van der Waals surface area contributed by atoms with Crippen LogP contribution < -0.4 is 5.32 Å². The van der Waals surface area contributed by atoms with Crippen LogP contribution in [0.15, 0.2) is 24.3 Å². The molecule has 2 aromatic rings. The van der Waals surface area contributed by atoms with Crippen molar-refractivity contribution < 1.29 is 0 Å². The maximum atomic E-state index is 6.12. The lowest BCUT2D eigenvalue weighted by molar-refractivity contribution is 0.943. The molecule has 1 aromatic heterocycles. The number of benzene rings is 1. The van der Waals surface area contributed by atoms with Gasteiger partial charge in [0.1, 0.15) is 16.8 Å². The monoisotopic (exact) mass is 281 g/mol. The Kier molecular flexibility index (Phi) is 4.04. The Morgan fingerprint density at radius 1 is 1.17 bits per heavy atom. The first-order valence-electron chi connectivity index (χ1n) is 5.65. The highest BCUT2D eigenvalue weighted by molar-refractivity contribution is 6.33. The third kappa shape index (κ3) is 3.12. The van der Waals surface area contributed by atoms with E-state index >= 15 is 0 Å². The van der Waals surface area contributed by atoms with Crippen molar-refractivity contribution in [1.82, 2.24) is 9.97 Å². The van der Waals surface area contributed by atoms with Gasteiger partial charge in [-0.2, -0.15) is 0 Å². The SMILES string of the molecule is CCc1nc(Cl)cc(Nc2cc(C)ccc2Cl)n1. The largest absolute Gasteiger partial charge is 0.339 e. The Balaban J connectivity index is 2.33. The first kappa shape index (κ1) is 13.1. The maximum absolute atomic E-state index is 6.12. The first-order chi connectivity index (χ1) is 8.58. The lowest BCUT2D eigenvalue weighted by atomic mass is 10.2. The fourth-order valence-corrected chi connectivity index (χ4v) is 1.93. The van der Waals surface area contributed by atoms with Gasteiger partial charge in [0.15, 0.2) is 0 Å². The molecule has 1 N–H and O–H groups in total. The lowest BCUT2D eigenvalue weighted by Gasteiger charge is -2.09. The second kappa shape index (κ2) is 5.55. The second-order valence-corrected chi connectivity index (χ2v) is 4.75. The van der Waals surface area contributed by atoms with Crippen molar-refractivity contribution in [2.24, 2.45) is 0 Å². The van der Waals surface area contributed by atoms with Gasteiger partial charge < -0.3 is 5.32 Å². The van der Waals surface area contributed by atoms with Crippen LogP contribution in [0.25, 0.3) is 0 Å². The summed E-state index contributed by atoms with van der Waals surface area (Å²) in [6.45, 7) is 3.99. The van der Waals surface area contributed by atoms with E-state index in [4.69, 9.17) is 23.2 Å². The van der Waals surface area contributed by atoms with Crippen LogP contribution in [0.4, 0.5) is 11.5 Å². The Morgan fingerprint density at radius 2 is 1.94 bits per heavy atom. The van der Waals surface area contributed by atoms with E-state index in [2.05, 4.69) is 15.3 Å². The van der Waals surface area contributed by atoms with E-state index in [9.17, 15) is 0 Å². The number of nitrogens with one attached hydrogen (secondary N) is 1. The zero-order chi connectivity index (χ0) is 13.1. The highest BCUT2D eigenvalue weighted by Crippen LogP contribution is 2.26. The average molecular weight is 282 g/mol. The van der Waals surface area contributed by atoms with Gasteiger partial charge in [-0.05, 0) is 24.6 Å². The Bertz CT molecular complexity index is 570. The molecular formula is C13H13Cl2N3. The van der Waals surface area contributed by atoms with E-state index in [0.717, 1.165) is 17.7 Å². The molecule has 0 unspecified atom stereocenters. The standard InChI is InChI=1S/C13H13Cl2N3/c1-3-12-17-11(15)7-13(18-12)16-10-6-8(2)4-5-9(10)14/h4-7H,3H2,1-2H3,(H,16,17,18). The maximum Gasteiger partial charge on any atom is 0.135 e. The van der Waals surface area contributed by atoms with Crippen molar-refractivity contribution in [3.8, 4) is 0 Å².